The van der Waals surface area contributed by atoms with E-state index in [9.17, 15) is 19.2 Å². The minimum Gasteiger partial charge on any atom is -0.351 e. The molecule has 0 radical (unpaired) electrons. The molecular weight excluding hydrogens is 352 g/mol. The average Bonchev–Trinajstić information content (AvgIpc) is 2.58. The van der Waals surface area contributed by atoms with E-state index in [4.69, 9.17) is 11.5 Å². The molecule has 0 aromatic rings. The second-order valence-corrected chi connectivity index (χ2v) is 7.37. The number of imide groups is 2. The molecule has 6 N–H and O–H groups in total. The Labute approximate surface area is 159 Å². The van der Waals surface area contributed by atoms with Crippen molar-refractivity contribution in [1.29, 1.82) is 0 Å². The van der Waals surface area contributed by atoms with Crippen molar-refractivity contribution in [2.24, 2.45) is 11.5 Å². The maximum atomic E-state index is 11.8. The number of nitrogens with zero attached hydrogens (tertiary/aromatic N) is 2. The first kappa shape index (κ1) is 21.1. The second kappa shape index (κ2) is 9.65. The van der Waals surface area contributed by atoms with Gasteiger partial charge >= 0.3 is 12.1 Å². The average molecular weight is 382 g/mol. The lowest BCUT2D eigenvalue weighted by Crippen LogP contribution is -2.63. The quantitative estimate of drug-likeness (QED) is 0.485. The minimum absolute atomic E-state index is 0.0103. The van der Waals surface area contributed by atoms with E-state index in [1.165, 1.54) is 6.42 Å². The largest absolute Gasteiger partial charge is 0.351 e. The molecule has 1 saturated carbocycles. The van der Waals surface area contributed by atoms with Gasteiger partial charge in [-0.2, -0.15) is 0 Å². The Bertz CT molecular complexity index is 576. The molecule has 1 spiro atoms. The maximum absolute atomic E-state index is 11.8. The summed E-state index contributed by atoms with van der Waals surface area (Å²) in [6.07, 6.45) is 6.04. The molecule has 0 unspecified atom stereocenters. The predicted octanol–water partition coefficient (Wildman–Crippen LogP) is -0.523. The lowest BCUT2D eigenvalue weighted by molar-refractivity contribution is -0.122. The number of piperazine rings is 1. The highest BCUT2D eigenvalue weighted by molar-refractivity contribution is 5.93. The van der Waals surface area contributed by atoms with Gasteiger partial charge in [0.25, 0.3) is 0 Å². The van der Waals surface area contributed by atoms with Gasteiger partial charge in [0, 0.05) is 51.1 Å². The summed E-state index contributed by atoms with van der Waals surface area (Å²) in [7, 11) is 0. The first-order chi connectivity index (χ1) is 12.8. The van der Waals surface area contributed by atoms with Crippen molar-refractivity contribution >= 4 is 23.9 Å². The zero-order valence-corrected chi connectivity index (χ0v) is 15.7. The number of urea groups is 2. The van der Waals surface area contributed by atoms with Gasteiger partial charge in [-0.05, 0) is 12.8 Å². The number of amides is 6. The molecule has 1 aliphatic heterocycles. The van der Waals surface area contributed by atoms with E-state index >= 15 is 0 Å². The van der Waals surface area contributed by atoms with Crippen LogP contribution in [-0.4, -0.2) is 71.9 Å². The van der Waals surface area contributed by atoms with Crippen LogP contribution in [0.25, 0.3) is 0 Å². The van der Waals surface area contributed by atoms with Crippen LogP contribution in [0.4, 0.5) is 9.59 Å². The molecule has 1 aliphatic carbocycles. The number of hydrogen-bond acceptors (Lipinski definition) is 6. The number of hydrogen-bond donors (Lipinski definition) is 4. The molecule has 0 atom stereocenters. The maximum Gasteiger partial charge on any atom is 0.318 e. The zero-order valence-electron chi connectivity index (χ0n) is 15.7. The van der Waals surface area contributed by atoms with Crippen molar-refractivity contribution < 1.29 is 19.2 Å². The van der Waals surface area contributed by atoms with E-state index in [2.05, 4.69) is 20.4 Å². The molecule has 152 valence electrons. The van der Waals surface area contributed by atoms with Crippen LogP contribution < -0.4 is 22.1 Å². The van der Waals surface area contributed by atoms with Crippen LogP contribution in [0.15, 0.2) is 0 Å². The summed E-state index contributed by atoms with van der Waals surface area (Å²) >= 11 is 0. The van der Waals surface area contributed by atoms with Crippen LogP contribution in [0.5, 0.6) is 0 Å². The molecule has 6 amide bonds. The number of nitrogens with one attached hydrogen (secondary N) is 2. The van der Waals surface area contributed by atoms with Gasteiger partial charge in [-0.15, -0.1) is 0 Å². The van der Waals surface area contributed by atoms with Crippen LogP contribution in [-0.2, 0) is 9.59 Å². The minimum atomic E-state index is -0.831. The zero-order chi connectivity index (χ0) is 19.9. The second-order valence-electron chi connectivity index (χ2n) is 7.37. The molecule has 1 saturated heterocycles. The Morgan fingerprint density at radius 1 is 0.815 bits per heavy atom. The molecule has 0 aromatic carbocycles. The summed E-state index contributed by atoms with van der Waals surface area (Å²) in [5, 5.41) is 4.20. The smallest absolute Gasteiger partial charge is 0.318 e. The Balaban J connectivity index is 1.92. The highest BCUT2D eigenvalue weighted by atomic mass is 16.2. The normalized spacial score (nSPS) is 20.1. The molecule has 2 aliphatic rings. The van der Waals surface area contributed by atoms with E-state index in [1.54, 1.807) is 0 Å². The van der Waals surface area contributed by atoms with Crippen LogP contribution in [0.1, 0.15) is 44.9 Å². The standard InChI is InChI=1S/C17H30N6O4/c18-15(26)20-13(24)4-8-22-10-11-23(9-5-14(25)21-16(19)27)17(12-22)6-2-1-3-7-17/h1-12H2,(H3,18,20,24,26)(H3,19,21,25,27). The third kappa shape index (κ3) is 6.47. The van der Waals surface area contributed by atoms with E-state index in [-0.39, 0.29) is 30.2 Å². The first-order valence-electron chi connectivity index (χ1n) is 9.47. The van der Waals surface area contributed by atoms with Gasteiger partial charge in [-0.3, -0.25) is 30.0 Å². The predicted molar refractivity (Wildman–Crippen MR) is 98.5 cm³/mol. The van der Waals surface area contributed by atoms with Crippen molar-refractivity contribution in [2.45, 2.75) is 50.5 Å². The van der Waals surface area contributed by atoms with Crippen molar-refractivity contribution in [3.8, 4) is 0 Å². The van der Waals surface area contributed by atoms with Gasteiger partial charge < -0.3 is 11.5 Å². The van der Waals surface area contributed by atoms with Crippen LogP contribution >= 0.6 is 0 Å². The third-order valence-corrected chi connectivity index (χ3v) is 5.45. The summed E-state index contributed by atoms with van der Waals surface area (Å²) < 4.78 is 0. The number of carbonyl (C=O) groups is 4. The van der Waals surface area contributed by atoms with Crippen LogP contribution in [0, 0.1) is 0 Å². The molecule has 10 heteroatoms. The fourth-order valence-corrected chi connectivity index (χ4v) is 4.21. The lowest BCUT2D eigenvalue weighted by Gasteiger charge is -2.53. The molecule has 0 bridgehead atoms. The Kier molecular flexibility index (Phi) is 7.55. The van der Waals surface area contributed by atoms with Crippen molar-refractivity contribution in [3.63, 3.8) is 0 Å². The van der Waals surface area contributed by atoms with Gasteiger partial charge in [0.1, 0.15) is 0 Å². The summed E-state index contributed by atoms with van der Waals surface area (Å²) in [5.74, 6) is -0.732. The van der Waals surface area contributed by atoms with Crippen LogP contribution in [0.3, 0.4) is 0 Å². The number of carbonyl (C=O) groups excluding carboxylic acids is 4. The van der Waals surface area contributed by atoms with E-state index in [1.807, 2.05) is 0 Å². The van der Waals surface area contributed by atoms with E-state index in [0.717, 1.165) is 45.3 Å². The Morgan fingerprint density at radius 2 is 1.37 bits per heavy atom. The summed E-state index contributed by atoms with van der Waals surface area (Å²) in [5.41, 5.74) is 9.95. The molecule has 2 rings (SSSR count). The summed E-state index contributed by atoms with van der Waals surface area (Å²) in [6.45, 7) is 3.55. The molecular formula is C17H30N6O4. The van der Waals surface area contributed by atoms with E-state index < -0.39 is 12.1 Å². The topological polar surface area (TPSA) is 151 Å². The lowest BCUT2D eigenvalue weighted by atomic mass is 9.78. The molecule has 1 heterocycles. The number of primary amides is 2. The van der Waals surface area contributed by atoms with Crippen LogP contribution in [0.2, 0.25) is 0 Å². The Hall–Kier alpha value is -2.20. The van der Waals surface area contributed by atoms with Gasteiger partial charge in [-0.25, -0.2) is 9.59 Å². The molecule has 2 fully saturated rings. The summed E-state index contributed by atoms with van der Waals surface area (Å²) in [6, 6.07) is -1.66. The SMILES string of the molecule is NC(=O)NC(=O)CCN1CCN(CCC(=O)NC(N)=O)C2(CCCCC2)C1. The van der Waals surface area contributed by atoms with Gasteiger partial charge in [0.15, 0.2) is 0 Å². The van der Waals surface area contributed by atoms with Gasteiger partial charge in [0.05, 0.1) is 0 Å². The first-order valence-corrected chi connectivity index (χ1v) is 9.47. The van der Waals surface area contributed by atoms with Crippen molar-refractivity contribution in [3.05, 3.63) is 0 Å². The molecule has 27 heavy (non-hydrogen) atoms. The molecule has 0 aromatic heterocycles. The highest BCUT2D eigenvalue weighted by Gasteiger charge is 2.42. The summed E-state index contributed by atoms with van der Waals surface area (Å²) in [4.78, 5) is 49.6. The third-order valence-electron chi connectivity index (χ3n) is 5.45. The fourth-order valence-electron chi connectivity index (χ4n) is 4.21. The fraction of sp³-hybridized carbons (Fsp3) is 0.765. The van der Waals surface area contributed by atoms with Gasteiger partial charge in [-0.1, -0.05) is 19.3 Å². The highest BCUT2D eigenvalue weighted by Crippen LogP contribution is 2.36. The van der Waals surface area contributed by atoms with Gasteiger partial charge in [0.2, 0.25) is 11.8 Å². The Morgan fingerprint density at radius 3 is 1.93 bits per heavy atom. The molecule has 10 nitrogen and oxygen atoms in total. The number of rotatable bonds is 6. The number of nitrogens with two attached hydrogens (primary N) is 2. The van der Waals surface area contributed by atoms with Crippen molar-refractivity contribution in [1.82, 2.24) is 20.4 Å². The van der Waals surface area contributed by atoms with Crippen molar-refractivity contribution in [2.75, 3.05) is 32.7 Å². The monoisotopic (exact) mass is 382 g/mol. The van der Waals surface area contributed by atoms with E-state index in [0.29, 0.717) is 13.1 Å².